The van der Waals surface area contributed by atoms with Crippen LogP contribution < -0.4 is 27.0 Å². The summed E-state index contributed by atoms with van der Waals surface area (Å²) < 4.78 is 37.2. The second-order valence-corrected chi connectivity index (χ2v) is 32.9. The van der Waals surface area contributed by atoms with Gasteiger partial charge in [-0.3, -0.25) is 62.4 Å². The smallest absolute Gasteiger partial charge is 0.410 e. The first-order chi connectivity index (χ1) is 53.4. The Hall–Kier alpha value is -8.75. The molecule has 4 fully saturated rings. The van der Waals surface area contributed by atoms with Gasteiger partial charge in [-0.05, 0) is 123 Å². The first-order valence-corrected chi connectivity index (χ1v) is 40.4. The summed E-state index contributed by atoms with van der Waals surface area (Å²) in [4.78, 5) is 212. The Bertz CT molecular complexity index is 3680. The number of primary amides is 1. The zero-order chi connectivity index (χ0) is 83.9. The van der Waals surface area contributed by atoms with Gasteiger partial charge < -0.3 is 65.5 Å². The Morgan fingerprint density at radius 3 is 1.96 bits per heavy atom. The van der Waals surface area contributed by atoms with Gasteiger partial charge in [-0.25, -0.2) is 18.8 Å². The summed E-state index contributed by atoms with van der Waals surface area (Å²) >= 11 is 1.30. The summed E-state index contributed by atoms with van der Waals surface area (Å²) in [6, 6.07) is 6.43. The summed E-state index contributed by atoms with van der Waals surface area (Å²) in [5.74, 6) is -9.89. The molecular formula is C81H119FN10O20S. The molecule has 3 saturated heterocycles. The van der Waals surface area contributed by atoms with E-state index < -0.39 is 148 Å². The van der Waals surface area contributed by atoms with Crippen molar-refractivity contribution >= 4 is 106 Å². The van der Waals surface area contributed by atoms with Crippen LogP contribution in [0.25, 0.3) is 0 Å². The number of hydroxylamine groups is 2. The number of likely N-dealkylation sites (N-methyl/N-ethyl adjacent to an activating group) is 2. The van der Waals surface area contributed by atoms with E-state index in [0.717, 1.165) is 12.1 Å². The third kappa shape index (κ3) is 26.4. The minimum absolute atomic E-state index is 0.00828. The van der Waals surface area contributed by atoms with Gasteiger partial charge in [0.1, 0.15) is 12.4 Å². The van der Waals surface area contributed by atoms with Crippen LogP contribution in [0.4, 0.5) is 19.7 Å². The average Bonchev–Trinajstić information content (AvgIpc) is 1.69. The number of ether oxygens (including phenoxy) is 4. The van der Waals surface area contributed by atoms with Crippen molar-refractivity contribution in [2.75, 3.05) is 66.1 Å². The molecule has 0 bridgehead atoms. The molecule has 3 aliphatic heterocycles. The number of likely N-dealkylation sites (tertiary alicyclic amines) is 2. The Balaban J connectivity index is 0.993. The molecule has 4 aliphatic rings. The quantitative estimate of drug-likeness (QED) is 0.0239. The first kappa shape index (κ1) is 93.1. The number of nitrogens with one attached hydrogen (secondary N) is 4. The molecule has 626 valence electrons. The molecule has 0 aromatic heterocycles. The molecule has 12 amide bonds. The van der Waals surface area contributed by atoms with Crippen LogP contribution >= 0.6 is 11.8 Å². The highest BCUT2D eigenvalue weighted by atomic mass is 32.2. The monoisotopic (exact) mass is 1600 g/mol. The number of rotatable bonds is 47. The van der Waals surface area contributed by atoms with E-state index >= 15 is 0 Å². The van der Waals surface area contributed by atoms with Crippen molar-refractivity contribution in [2.45, 2.75) is 239 Å². The van der Waals surface area contributed by atoms with E-state index in [1.807, 2.05) is 27.7 Å². The number of halogens is 1. The molecule has 1 aliphatic carbocycles. The van der Waals surface area contributed by atoms with Gasteiger partial charge in [0.2, 0.25) is 41.4 Å². The minimum Gasteiger partial charge on any atom is -0.445 e. The molecule has 113 heavy (non-hydrogen) atoms. The molecule has 30 nitrogen and oxygen atoms in total. The molecule has 2 aromatic carbocycles. The zero-order valence-electron chi connectivity index (χ0n) is 68.2. The molecule has 13 atom stereocenters. The van der Waals surface area contributed by atoms with Gasteiger partial charge in [0.25, 0.3) is 11.8 Å². The van der Waals surface area contributed by atoms with Crippen LogP contribution in [0, 0.1) is 52.7 Å². The van der Waals surface area contributed by atoms with Gasteiger partial charge in [0.15, 0.2) is 17.3 Å². The number of carbonyl (C=O) groups is 15. The standard InChI is InChI=1S/C81H119FN10O20S/c1-16-49(8)72(62(109-14)40-67(98)91-43-57(108-13)38-59(91)74(110-15)50(9)75(102)85-51(10)73(101)53-25-27-55(82)28-26-53)88(11)77(104)58(46(2)3)39-61(94)71(48(6)7)89(12)80(107)111-44-52-23-29-56(30-24-52)86-76(103)54(21-20-35-84-79(83)106)37-60(93)70(47(4)5)87-64(95)22-18-17-19-36-90-68(99)41-63(78(90)105)113-45-81(33-34-81)42-69(100)112-92-65(96)31-32-66(92)97/h23-30,46-51,54,57-59,62-63,70-72,74H,16-22,31-45H2,1-15H3,(H,85,102)(H,86,103)(H,87,95)(H3,83,84,106)/t49-,50+,51-,54+,57+,58-,59-,62+,63?,70-,71-,72-,74+/m0/s1. The number of urea groups is 1. The molecular weight excluding hydrogens is 1480 g/mol. The van der Waals surface area contributed by atoms with Crippen molar-refractivity contribution in [3.63, 3.8) is 0 Å². The molecule has 3 heterocycles. The molecule has 6 rings (SSSR count). The lowest BCUT2D eigenvalue weighted by Crippen LogP contribution is -2.55. The summed E-state index contributed by atoms with van der Waals surface area (Å²) in [6.45, 7) is 18.1. The van der Waals surface area contributed by atoms with Crippen LogP contribution in [0.1, 0.15) is 194 Å². The Kier molecular flexibility index (Phi) is 36.0. The highest BCUT2D eigenvalue weighted by Gasteiger charge is 2.50. The fourth-order valence-electron chi connectivity index (χ4n) is 15.1. The number of amides is 12. The molecule has 6 N–H and O–H groups in total. The van der Waals surface area contributed by atoms with E-state index in [2.05, 4.69) is 21.3 Å². The van der Waals surface area contributed by atoms with Crippen molar-refractivity contribution in [1.82, 2.24) is 40.6 Å². The van der Waals surface area contributed by atoms with Crippen molar-refractivity contribution < 1.29 is 100 Å². The maximum absolute atomic E-state index is 15.0. The number of thioether (sulfide) groups is 1. The van der Waals surface area contributed by atoms with Crippen LogP contribution in [0.2, 0.25) is 0 Å². The van der Waals surface area contributed by atoms with Crippen LogP contribution in [-0.2, 0) is 87.9 Å². The number of unbranched alkanes of at least 4 members (excludes halogenated alkanes) is 2. The molecule has 1 saturated carbocycles. The number of carbonyl (C=O) groups excluding carboxylic acids is 15. The fraction of sp³-hybridized carbons (Fsp3) is 0.667. The third-order valence-corrected chi connectivity index (χ3v) is 23.8. The highest BCUT2D eigenvalue weighted by Crippen LogP contribution is 2.52. The number of hydrogen-bond acceptors (Lipinski definition) is 21. The number of benzene rings is 2. The second-order valence-electron chi connectivity index (χ2n) is 31.7. The van der Waals surface area contributed by atoms with Gasteiger partial charge in [-0.15, -0.1) is 16.8 Å². The Labute approximate surface area is 666 Å². The summed E-state index contributed by atoms with van der Waals surface area (Å²) in [5.41, 5.74) is 5.94. The van der Waals surface area contributed by atoms with Gasteiger partial charge in [-0.2, -0.15) is 0 Å². The summed E-state index contributed by atoms with van der Waals surface area (Å²) in [6.07, 6.45) is 0.433. The lowest BCUT2D eigenvalue weighted by molar-refractivity contribution is -0.198. The average molecular weight is 1600 g/mol. The van der Waals surface area contributed by atoms with E-state index in [0.29, 0.717) is 67.0 Å². The first-order valence-electron chi connectivity index (χ1n) is 39.3. The van der Waals surface area contributed by atoms with Crippen LogP contribution in [-0.4, -0.2) is 228 Å². The number of Topliss-reactive ketones (excluding diaryl/α,β-unsaturated/α-hetero) is 3. The van der Waals surface area contributed by atoms with Gasteiger partial charge in [0, 0.05) is 122 Å². The van der Waals surface area contributed by atoms with Crippen LogP contribution in [0.5, 0.6) is 0 Å². The predicted molar refractivity (Wildman–Crippen MR) is 416 cm³/mol. The maximum atomic E-state index is 15.0. The number of nitrogens with zero attached hydrogens (tertiary/aromatic N) is 5. The van der Waals surface area contributed by atoms with E-state index in [4.69, 9.17) is 29.5 Å². The molecule has 0 spiro atoms. The van der Waals surface area contributed by atoms with Crippen molar-refractivity contribution in [3.05, 3.63) is 65.5 Å². The largest absolute Gasteiger partial charge is 0.445 e. The number of ketones is 3. The van der Waals surface area contributed by atoms with Crippen LogP contribution in [0.15, 0.2) is 48.5 Å². The topological polar surface area (TPSA) is 393 Å². The summed E-state index contributed by atoms with van der Waals surface area (Å²) in [5, 5.41) is 10.8. The van der Waals surface area contributed by atoms with Gasteiger partial charge in [-0.1, -0.05) is 87.3 Å². The maximum Gasteiger partial charge on any atom is 0.410 e. The third-order valence-electron chi connectivity index (χ3n) is 22.2. The SMILES string of the molecule is CC[C@H](C)[C@@H]([C@@H](CC(=O)N1C[C@H](OC)C[C@H]1[C@H](OC)[C@@H](C)C(=O)N[C@@H](C)C(=O)c1ccc(F)cc1)OC)N(C)C(=O)[C@@H](CC(=O)[C@H](C(C)C)N(C)C(=O)OCc1ccc(NC(=O)[C@H](CCCNC(N)=O)CC(=O)[C@@H](NC(=O)CCCCCN2C(=O)CC(SCC3(CC(=O)ON4C(=O)CCC4=O)CC3)C2=O)C(C)C)cc1)C(C)C. The Morgan fingerprint density at radius 2 is 1.39 bits per heavy atom. The van der Waals surface area contributed by atoms with E-state index in [1.54, 1.807) is 75.7 Å². The van der Waals surface area contributed by atoms with E-state index in [1.165, 1.54) is 69.0 Å². The number of anilines is 1. The van der Waals surface area contributed by atoms with Crippen molar-refractivity contribution in [3.8, 4) is 0 Å². The zero-order valence-corrected chi connectivity index (χ0v) is 69.0. The molecule has 0 radical (unpaired) electrons. The number of nitrogens with two attached hydrogens (primary N) is 1. The number of imide groups is 2. The van der Waals surface area contributed by atoms with Crippen molar-refractivity contribution in [1.29, 1.82) is 0 Å². The van der Waals surface area contributed by atoms with Crippen LogP contribution in [0.3, 0.4) is 0 Å². The van der Waals surface area contributed by atoms with E-state index in [9.17, 15) is 76.3 Å². The van der Waals surface area contributed by atoms with Gasteiger partial charge >= 0.3 is 18.1 Å². The Morgan fingerprint density at radius 1 is 0.735 bits per heavy atom. The normalized spacial score (nSPS) is 19.4. The highest BCUT2D eigenvalue weighted by molar-refractivity contribution is 8.00. The molecule has 32 heteroatoms. The lowest BCUT2D eigenvalue weighted by Gasteiger charge is -2.41. The summed E-state index contributed by atoms with van der Waals surface area (Å²) in [7, 11) is 7.53. The van der Waals surface area contributed by atoms with E-state index in [-0.39, 0.29) is 143 Å². The number of hydrogen-bond donors (Lipinski definition) is 5. The second kappa shape index (κ2) is 43.7. The molecule has 1 unspecified atom stereocenters. The van der Waals surface area contributed by atoms with Crippen molar-refractivity contribution in [2.24, 2.45) is 52.6 Å². The minimum atomic E-state index is -1.02. The number of methoxy groups -OCH3 is 3. The fourth-order valence-corrected chi connectivity index (χ4v) is 16.5. The molecule has 2 aromatic rings. The van der Waals surface area contributed by atoms with Gasteiger partial charge in [0.05, 0.1) is 72.5 Å². The lowest BCUT2D eigenvalue weighted by atomic mass is 9.83. The predicted octanol–water partition coefficient (Wildman–Crippen LogP) is 7.88.